The van der Waals surface area contributed by atoms with E-state index in [1.807, 2.05) is 0 Å². The minimum absolute atomic E-state index is 0.127. The summed E-state index contributed by atoms with van der Waals surface area (Å²) >= 11 is 0. The van der Waals surface area contributed by atoms with Crippen LogP contribution in [0.4, 0.5) is 5.69 Å². The maximum Gasteiger partial charge on any atom is 0.161 e. The summed E-state index contributed by atoms with van der Waals surface area (Å²) in [4.78, 5) is 2.58. The van der Waals surface area contributed by atoms with Crippen LogP contribution in [0.2, 0.25) is 0 Å². The first-order chi connectivity index (χ1) is 15.1. The Morgan fingerprint density at radius 2 is 1.61 bits per heavy atom. The zero-order chi connectivity index (χ0) is 21.5. The fourth-order valence-electron chi connectivity index (χ4n) is 5.02. The van der Waals surface area contributed by atoms with Crippen LogP contribution in [0.3, 0.4) is 0 Å². The van der Waals surface area contributed by atoms with Crippen LogP contribution < -0.4 is 14.8 Å². The van der Waals surface area contributed by atoms with E-state index < -0.39 is 0 Å². The number of fused-ring (bicyclic) bond motifs is 5. The van der Waals surface area contributed by atoms with Crippen molar-refractivity contribution in [2.75, 3.05) is 26.1 Å². The standard InChI is InChI=1S/C27H30N2O2/c1-17(2)18-9-11-19(12-10-18)27-28-23-8-6-5-7-21(23)26-22-16-25(31-4)24(30-3)15-20(22)13-14-29(26)27/h5-12,15-17,26-28H,13-14H2,1-4H3/t26-,27+/m0/s1. The zero-order valence-corrected chi connectivity index (χ0v) is 18.7. The number of hydrogen-bond acceptors (Lipinski definition) is 4. The Labute approximate surface area is 184 Å². The molecule has 0 aliphatic carbocycles. The molecule has 0 saturated heterocycles. The van der Waals surface area contributed by atoms with Crippen molar-refractivity contribution in [2.24, 2.45) is 0 Å². The van der Waals surface area contributed by atoms with Crippen molar-refractivity contribution in [2.45, 2.75) is 38.4 Å². The van der Waals surface area contributed by atoms with Crippen molar-refractivity contribution >= 4 is 5.69 Å². The Kier molecular flexibility index (Phi) is 5.11. The molecule has 3 aromatic carbocycles. The molecule has 2 atom stereocenters. The van der Waals surface area contributed by atoms with Crippen LogP contribution in [0.5, 0.6) is 11.5 Å². The summed E-state index contributed by atoms with van der Waals surface area (Å²) in [6.45, 7) is 5.46. The van der Waals surface area contributed by atoms with Crippen molar-refractivity contribution in [1.29, 1.82) is 0 Å². The molecule has 31 heavy (non-hydrogen) atoms. The Morgan fingerprint density at radius 1 is 0.903 bits per heavy atom. The number of benzene rings is 3. The number of para-hydroxylation sites is 1. The number of nitrogens with one attached hydrogen (secondary N) is 1. The smallest absolute Gasteiger partial charge is 0.161 e. The van der Waals surface area contributed by atoms with E-state index in [1.54, 1.807) is 14.2 Å². The molecule has 0 saturated carbocycles. The fourth-order valence-corrected chi connectivity index (χ4v) is 5.02. The van der Waals surface area contributed by atoms with Gasteiger partial charge in [-0.25, -0.2) is 0 Å². The normalized spacial score (nSPS) is 19.8. The van der Waals surface area contributed by atoms with Gasteiger partial charge in [-0.15, -0.1) is 0 Å². The predicted molar refractivity (Wildman–Crippen MR) is 125 cm³/mol. The van der Waals surface area contributed by atoms with Gasteiger partial charge >= 0.3 is 0 Å². The molecule has 2 aliphatic rings. The first-order valence-corrected chi connectivity index (χ1v) is 11.1. The molecule has 2 heterocycles. The topological polar surface area (TPSA) is 33.7 Å². The van der Waals surface area contributed by atoms with Gasteiger partial charge in [0.25, 0.3) is 0 Å². The summed E-state index contributed by atoms with van der Waals surface area (Å²) in [5.41, 5.74) is 7.83. The molecule has 0 aromatic heterocycles. The summed E-state index contributed by atoms with van der Waals surface area (Å²) in [6.07, 6.45) is 1.11. The van der Waals surface area contributed by atoms with E-state index in [1.165, 1.54) is 33.5 Å². The zero-order valence-electron chi connectivity index (χ0n) is 18.7. The number of methoxy groups -OCH3 is 2. The Morgan fingerprint density at radius 3 is 2.32 bits per heavy atom. The van der Waals surface area contributed by atoms with Gasteiger partial charge in [-0.3, -0.25) is 4.90 Å². The van der Waals surface area contributed by atoms with Crippen molar-refractivity contribution in [3.05, 3.63) is 88.5 Å². The quantitative estimate of drug-likeness (QED) is 0.576. The lowest BCUT2D eigenvalue weighted by molar-refractivity contribution is 0.153. The maximum atomic E-state index is 5.66. The van der Waals surface area contributed by atoms with Crippen LogP contribution in [-0.2, 0) is 6.42 Å². The molecule has 0 bridgehead atoms. The highest BCUT2D eigenvalue weighted by Crippen LogP contribution is 2.48. The number of ether oxygens (including phenoxy) is 2. The maximum absolute atomic E-state index is 5.66. The van der Waals surface area contributed by atoms with E-state index in [4.69, 9.17) is 9.47 Å². The van der Waals surface area contributed by atoms with Crippen LogP contribution in [-0.4, -0.2) is 25.7 Å². The molecule has 0 amide bonds. The van der Waals surface area contributed by atoms with Gasteiger partial charge in [0.15, 0.2) is 11.5 Å². The summed E-state index contributed by atoms with van der Waals surface area (Å²) in [5.74, 6) is 2.13. The third-order valence-electron chi connectivity index (χ3n) is 6.71. The van der Waals surface area contributed by atoms with E-state index in [0.717, 1.165) is 24.5 Å². The number of anilines is 1. The highest BCUT2D eigenvalue weighted by Gasteiger charge is 2.39. The molecule has 0 radical (unpaired) electrons. The molecule has 4 nitrogen and oxygen atoms in total. The number of nitrogens with zero attached hydrogens (tertiary/aromatic N) is 1. The van der Waals surface area contributed by atoms with Gasteiger partial charge < -0.3 is 14.8 Å². The van der Waals surface area contributed by atoms with E-state index in [9.17, 15) is 0 Å². The first kappa shape index (κ1) is 20.0. The molecule has 160 valence electrons. The molecule has 0 unspecified atom stereocenters. The molecule has 5 rings (SSSR count). The highest BCUT2D eigenvalue weighted by atomic mass is 16.5. The summed E-state index contributed by atoms with van der Waals surface area (Å²) in [7, 11) is 3.41. The van der Waals surface area contributed by atoms with Gasteiger partial charge in [0.05, 0.1) is 20.3 Å². The number of hydrogen-bond donors (Lipinski definition) is 1. The van der Waals surface area contributed by atoms with Crippen LogP contribution in [0.1, 0.15) is 59.8 Å². The van der Waals surface area contributed by atoms with Crippen molar-refractivity contribution in [3.63, 3.8) is 0 Å². The van der Waals surface area contributed by atoms with Crippen LogP contribution in [0.25, 0.3) is 0 Å². The highest BCUT2D eigenvalue weighted by molar-refractivity contribution is 5.61. The molecule has 0 fully saturated rings. The molecule has 0 spiro atoms. The third kappa shape index (κ3) is 3.35. The van der Waals surface area contributed by atoms with Gasteiger partial charge in [-0.1, -0.05) is 56.3 Å². The largest absolute Gasteiger partial charge is 0.493 e. The third-order valence-corrected chi connectivity index (χ3v) is 6.71. The van der Waals surface area contributed by atoms with Crippen molar-refractivity contribution < 1.29 is 9.47 Å². The Hall–Kier alpha value is -2.98. The average Bonchev–Trinajstić information content (AvgIpc) is 2.82. The number of rotatable bonds is 4. The van der Waals surface area contributed by atoms with Gasteiger partial charge in [-0.2, -0.15) is 0 Å². The molecular weight excluding hydrogens is 384 g/mol. The van der Waals surface area contributed by atoms with E-state index in [2.05, 4.69) is 84.7 Å². The second-order valence-electron chi connectivity index (χ2n) is 8.75. The molecule has 2 aliphatic heterocycles. The SMILES string of the molecule is COc1cc2c(cc1OC)[C@@H]1c3ccccc3N[C@@H](c3ccc(C(C)C)cc3)N1CC2. The average molecular weight is 415 g/mol. The lowest BCUT2D eigenvalue weighted by atomic mass is 9.84. The summed E-state index contributed by atoms with van der Waals surface area (Å²) in [5, 5.41) is 3.81. The molecule has 3 aromatic rings. The van der Waals surface area contributed by atoms with Crippen LogP contribution in [0, 0.1) is 0 Å². The predicted octanol–water partition coefficient (Wildman–Crippen LogP) is 5.90. The lowest BCUT2D eigenvalue weighted by Gasteiger charge is -2.47. The monoisotopic (exact) mass is 414 g/mol. The fraction of sp³-hybridized carbons (Fsp3) is 0.333. The van der Waals surface area contributed by atoms with E-state index >= 15 is 0 Å². The van der Waals surface area contributed by atoms with Gasteiger partial charge in [0, 0.05) is 12.2 Å². The van der Waals surface area contributed by atoms with Crippen molar-refractivity contribution in [3.8, 4) is 11.5 Å². The van der Waals surface area contributed by atoms with Crippen LogP contribution >= 0.6 is 0 Å². The Balaban J connectivity index is 1.63. The summed E-state index contributed by atoms with van der Waals surface area (Å²) < 4.78 is 11.2. The van der Waals surface area contributed by atoms with E-state index in [-0.39, 0.29) is 12.2 Å². The minimum Gasteiger partial charge on any atom is -0.493 e. The van der Waals surface area contributed by atoms with Crippen LogP contribution in [0.15, 0.2) is 60.7 Å². The van der Waals surface area contributed by atoms with Gasteiger partial charge in [-0.05, 0) is 58.4 Å². The second kappa shape index (κ2) is 7.93. The first-order valence-electron chi connectivity index (χ1n) is 11.1. The van der Waals surface area contributed by atoms with Crippen molar-refractivity contribution in [1.82, 2.24) is 4.90 Å². The Bertz CT molecular complexity index is 1090. The summed E-state index contributed by atoms with van der Waals surface area (Å²) in [6, 6.07) is 22.3. The lowest BCUT2D eigenvalue weighted by Crippen LogP contribution is -2.45. The second-order valence-corrected chi connectivity index (χ2v) is 8.75. The minimum atomic E-state index is 0.127. The van der Waals surface area contributed by atoms with Gasteiger partial charge in [0.1, 0.15) is 6.17 Å². The molecule has 4 heteroatoms. The molecular formula is C27H30N2O2. The molecule has 1 N–H and O–H groups in total. The van der Waals surface area contributed by atoms with E-state index in [0.29, 0.717) is 5.92 Å². The van der Waals surface area contributed by atoms with Gasteiger partial charge in [0.2, 0.25) is 0 Å².